The Bertz CT molecular complexity index is 1070. The Morgan fingerprint density at radius 2 is 1.39 bits per heavy atom. The topological polar surface area (TPSA) is 111 Å². The minimum Gasteiger partial charge on any atom is -0.464 e. The van der Waals surface area contributed by atoms with Crippen molar-refractivity contribution < 1.29 is 33.4 Å². The fourth-order valence-electron chi connectivity index (χ4n) is 3.71. The SMILES string of the molecule is CCOC(=O)C1C(C(=O)OCc2ccccc2)N1C(=O)[C@H](Cc1ccccc1)NC(=O)OC(C)(C)C. The maximum Gasteiger partial charge on any atom is 0.408 e. The van der Waals surface area contributed by atoms with E-state index in [9.17, 15) is 19.2 Å². The second-order valence-electron chi connectivity index (χ2n) is 9.37. The highest BCUT2D eigenvalue weighted by Crippen LogP contribution is 2.32. The first-order valence-electron chi connectivity index (χ1n) is 11.8. The van der Waals surface area contributed by atoms with Gasteiger partial charge in [0.25, 0.3) is 0 Å². The van der Waals surface area contributed by atoms with Gasteiger partial charge in [-0.3, -0.25) is 4.79 Å². The van der Waals surface area contributed by atoms with Crippen molar-refractivity contribution in [3.63, 3.8) is 0 Å². The van der Waals surface area contributed by atoms with E-state index in [-0.39, 0.29) is 19.6 Å². The molecule has 0 spiro atoms. The lowest BCUT2D eigenvalue weighted by atomic mass is 10.1. The first kappa shape index (κ1) is 26.7. The number of alkyl carbamates (subject to hydrolysis) is 1. The van der Waals surface area contributed by atoms with E-state index in [1.54, 1.807) is 39.8 Å². The summed E-state index contributed by atoms with van der Waals surface area (Å²) < 4.78 is 15.8. The summed E-state index contributed by atoms with van der Waals surface area (Å²) in [6, 6.07) is 14.8. The van der Waals surface area contributed by atoms with E-state index in [0.717, 1.165) is 16.0 Å². The van der Waals surface area contributed by atoms with Crippen LogP contribution < -0.4 is 5.32 Å². The molecule has 0 radical (unpaired) electrons. The van der Waals surface area contributed by atoms with Gasteiger partial charge in [-0.1, -0.05) is 60.7 Å². The minimum atomic E-state index is -1.14. The summed E-state index contributed by atoms with van der Waals surface area (Å²) in [4.78, 5) is 52.6. The quantitative estimate of drug-likeness (QED) is 0.323. The molecule has 36 heavy (non-hydrogen) atoms. The number of amides is 2. The molecule has 0 aromatic heterocycles. The van der Waals surface area contributed by atoms with Crippen LogP contribution in [0.4, 0.5) is 4.79 Å². The summed E-state index contributed by atoms with van der Waals surface area (Å²) in [5.41, 5.74) is 0.775. The second-order valence-corrected chi connectivity index (χ2v) is 9.37. The Morgan fingerprint density at radius 1 is 0.861 bits per heavy atom. The van der Waals surface area contributed by atoms with Gasteiger partial charge in [-0.2, -0.15) is 0 Å². The smallest absolute Gasteiger partial charge is 0.408 e. The number of hydrogen-bond donors (Lipinski definition) is 1. The molecule has 1 heterocycles. The molecule has 1 aliphatic rings. The van der Waals surface area contributed by atoms with Crippen LogP contribution in [0.15, 0.2) is 60.7 Å². The van der Waals surface area contributed by atoms with Gasteiger partial charge in [-0.05, 0) is 38.8 Å². The number of carbonyl (C=O) groups is 4. The van der Waals surface area contributed by atoms with Crippen LogP contribution >= 0.6 is 0 Å². The minimum absolute atomic E-state index is 0.00263. The molecule has 9 heteroatoms. The predicted molar refractivity (Wildman–Crippen MR) is 131 cm³/mol. The van der Waals surface area contributed by atoms with Gasteiger partial charge in [0.2, 0.25) is 5.91 Å². The molecule has 3 rings (SSSR count). The highest BCUT2D eigenvalue weighted by Gasteiger charge is 2.62. The first-order chi connectivity index (χ1) is 17.1. The van der Waals surface area contributed by atoms with Crippen LogP contribution in [0.2, 0.25) is 0 Å². The van der Waals surface area contributed by atoms with E-state index in [4.69, 9.17) is 14.2 Å². The number of benzene rings is 2. The van der Waals surface area contributed by atoms with Crippen LogP contribution in [-0.4, -0.2) is 59.2 Å². The van der Waals surface area contributed by atoms with Gasteiger partial charge < -0.3 is 24.4 Å². The maximum atomic E-state index is 13.6. The van der Waals surface area contributed by atoms with Gasteiger partial charge in [0.15, 0.2) is 12.1 Å². The molecule has 0 bridgehead atoms. The normalized spacial score (nSPS) is 17.5. The zero-order valence-electron chi connectivity index (χ0n) is 20.9. The van der Waals surface area contributed by atoms with Crippen LogP contribution in [-0.2, 0) is 41.6 Å². The Hall–Kier alpha value is -3.88. The summed E-state index contributed by atoms with van der Waals surface area (Å²) in [6.45, 7) is 6.85. The van der Waals surface area contributed by atoms with Gasteiger partial charge >= 0.3 is 18.0 Å². The highest BCUT2D eigenvalue weighted by molar-refractivity contribution is 6.02. The third-order valence-electron chi connectivity index (χ3n) is 5.33. The number of esters is 2. The first-order valence-corrected chi connectivity index (χ1v) is 11.8. The van der Waals surface area contributed by atoms with Crippen molar-refractivity contribution in [2.75, 3.05) is 6.61 Å². The monoisotopic (exact) mass is 496 g/mol. The Morgan fingerprint density at radius 3 is 1.92 bits per heavy atom. The maximum absolute atomic E-state index is 13.6. The predicted octanol–water partition coefficient (Wildman–Crippen LogP) is 3.01. The van der Waals surface area contributed by atoms with Crippen molar-refractivity contribution in [1.29, 1.82) is 0 Å². The molecule has 2 unspecified atom stereocenters. The number of nitrogens with zero attached hydrogens (tertiary/aromatic N) is 1. The van der Waals surface area contributed by atoms with Crippen LogP contribution in [0.1, 0.15) is 38.8 Å². The lowest BCUT2D eigenvalue weighted by Gasteiger charge is -2.23. The Balaban J connectivity index is 1.79. The molecule has 9 nitrogen and oxygen atoms in total. The van der Waals surface area contributed by atoms with E-state index in [2.05, 4.69) is 5.32 Å². The van der Waals surface area contributed by atoms with E-state index in [0.29, 0.717) is 0 Å². The van der Waals surface area contributed by atoms with E-state index in [1.807, 2.05) is 48.5 Å². The molecule has 2 aromatic carbocycles. The number of carbonyl (C=O) groups excluding carboxylic acids is 4. The summed E-state index contributed by atoms with van der Waals surface area (Å²) in [6.07, 6.45) is -0.647. The summed E-state index contributed by atoms with van der Waals surface area (Å²) in [5, 5.41) is 2.60. The molecule has 1 fully saturated rings. The fourth-order valence-corrected chi connectivity index (χ4v) is 3.71. The van der Waals surface area contributed by atoms with Gasteiger partial charge in [-0.25, -0.2) is 14.4 Å². The van der Waals surface area contributed by atoms with Crippen molar-refractivity contribution in [1.82, 2.24) is 10.2 Å². The standard InChI is InChI=1S/C27H32N2O7/c1-5-34-24(31)21-22(25(32)35-17-19-14-10-7-11-15-19)29(21)23(30)20(16-18-12-8-6-9-13-18)28-26(33)36-27(2,3)4/h6-15,20-22H,5,16-17H2,1-4H3,(H,28,33)/t20-,21?,22?,29?/m0/s1. The Labute approximate surface area is 210 Å². The van der Waals surface area contributed by atoms with E-state index < -0.39 is 47.7 Å². The molecule has 1 aliphatic heterocycles. The largest absolute Gasteiger partial charge is 0.464 e. The lowest BCUT2D eigenvalue weighted by Crippen LogP contribution is -2.48. The fraction of sp³-hybridized carbons (Fsp3) is 0.407. The number of rotatable bonds is 9. The van der Waals surface area contributed by atoms with Crippen LogP contribution in [0.3, 0.4) is 0 Å². The van der Waals surface area contributed by atoms with Gasteiger partial charge in [0, 0.05) is 6.42 Å². The summed E-state index contributed by atoms with van der Waals surface area (Å²) in [5.74, 6) is -2.03. The highest BCUT2D eigenvalue weighted by atomic mass is 16.6. The molecule has 3 atom stereocenters. The molecule has 2 amide bonds. The molecule has 2 aromatic rings. The number of ether oxygens (including phenoxy) is 3. The van der Waals surface area contributed by atoms with Crippen molar-refractivity contribution in [2.45, 2.75) is 64.4 Å². The van der Waals surface area contributed by atoms with Crippen LogP contribution in [0, 0.1) is 0 Å². The zero-order valence-corrected chi connectivity index (χ0v) is 20.9. The number of hydrogen-bond acceptors (Lipinski definition) is 7. The van der Waals surface area contributed by atoms with Crippen molar-refractivity contribution >= 4 is 23.9 Å². The van der Waals surface area contributed by atoms with Crippen molar-refractivity contribution in [3.05, 3.63) is 71.8 Å². The Kier molecular flexibility index (Phi) is 8.68. The average molecular weight is 497 g/mol. The molecule has 1 saturated heterocycles. The molecular formula is C27H32N2O7. The summed E-state index contributed by atoms with van der Waals surface area (Å²) >= 11 is 0. The third kappa shape index (κ3) is 7.31. The average Bonchev–Trinajstić information content (AvgIpc) is 3.58. The van der Waals surface area contributed by atoms with Crippen molar-refractivity contribution in [3.8, 4) is 0 Å². The van der Waals surface area contributed by atoms with E-state index in [1.165, 1.54) is 0 Å². The summed E-state index contributed by atoms with van der Waals surface area (Å²) in [7, 11) is 0. The van der Waals surface area contributed by atoms with Gasteiger partial charge in [0.1, 0.15) is 18.2 Å². The molecule has 0 saturated carbocycles. The van der Waals surface area contributed by atoms with Gasteiger partial charge in [-0.15, -0.1) is 0 Å². The van der Waals surface area contributed by atoms with E-state index >= 15 is 0 Å². The third-order valence-corrected chi connectivity index (χ3v) is 5.33. The molecular weight excluding hydrogens is 464 g/mol. The zero-order chi connectivity index (χ0) is 26.3. The molecule has 1 N–H and O–H groups in total. The van der Waals surface area contributed by atoms with Crippen LogP contribution in [0.5, 0.6) is 0 Å². The lowest BCUT2D eigenvalue weighted by molar-refractivity contribution is -0.148. The molecule has 0 aliphatic carbocycles. The number of nitrogens with one attached hydrogen (secondary N) is 1. The van der Waals surface area contributed by atoms with Crippen LogP contribution in [0.25, 0.3) is 0 Å². The van der Waals surface area contributed by atoms with Gasteiger partial charge in [0.05, 0.1) is 6.61 Å². The second kappa shape index (κ2) is 11.7. The molecule has 192 valence electrons. The van der Waals surface area contributed by atoms with Crippen molar-refractivity contribution in [2.24, 2.45) is 0 Å².